The summed E-state index contributed by atoms with van der Waals surface area (Å²) in [5, 5.41) is 0. The molecule has 1 saturated carbocycles. The van der Waals surface area contributed by atoms with Crippen molar-refractivity contribution < 1.29 is 19.1 Å². The van der Waals surface area contributed by atoms with E-state index in [0.717, 1.165) is 24.8 Å². The molecular weight excluding hydrogens is 340 g/mol. The van der Waals surface area contributed by atoms with Crippen LogP contribution >= 0.6 is 0 Å². The molecule has 146 valence electrons. The maximum Gasteiger partial charge on any atom is 0.231 e. The average molecular weight is 370 g/mol. The minimum absolute atomic E-state index is 0.0269. The first-order valence-corrected chi connectivity index (χ1v) is 9.85. The van der Waals surface area contributed by atoms with Crippen LogP contribution in [0.2, 0.25) is 0 Å². The number of hydrogen-bond donors (Lipinski definition) is 0. The largest absolute Gasteiger partial charge is 0.454 e. The van der Waals surface area contributed by atoms with Crippen molar-refractivity contribution in [3.8, 4) is 11.5 Å². The molecular formula is C23H30O4. The van der Waals surface area contributed by atoms with E-state index in [-0.39, 0.29) is 41.5 Å². The predicted molar refractivity (Wildman–Crippen MR) is 105 cm³/mol. The van der Waals surface area contributed by atoms with Gasteiger partial charge in [-0.15, -0.1) is 0 Å². The van der Waals surface area contributed by atoms with E-state index in [4.69, 9.17) is 9.47 Å². The summed E-state index contributed by atoms with van der Waals surface area (Å²) in [6.07, 6.45) is 3.48. The van der Waals surface area contributed by atoms with Crippen molar-refractivity contribution in [3.05, 3.63) is 35.9 Å². The lowest BCUT2D eigenvalue weighted by molar-refractivity contribution is -0.126. The number of allylic oxidation sites excluding steroid dienone is 1. The molecule has 1 heterocycles. The molecule has 0 bridgehead atoms. The van der Waals surface area contributed by atoms with Gasteiger partial charge >= 0.3 is 0 Å². The Morgan fingerprint density at radius 3 is 2.63 bits per heavy atom. The zero-order valence-electron chi connectivity index (χ0n) is 16.8. The van der Waals surface area contributed by atoms with Crippen LogP contribution < -0.4 is 9.47 Å². The average Bonchev–Trinajstić information content (AvgIpc) is 3.07. The lowest BCUT2D eigenvalue weighted by atomic mass is 9.64. The molecule has 0 spiro atoms. The second-order valence-corrected chi connectivity index (χ2v) is 8.80. The number of hydrogen-bond acceptors (Lipinski definition) is 4. The van der Waals surface area contributed by atoms with Gasteiger partial charge in [-0.2, -0.15) is 0 Å². The second-order valence-electron chi connectivity index (χ2n) is 8.80. The van der Waals surface area contributed by atoms with Crippen LogP contribution in [0.4, 0.5) is 0 Å². The molecule has 4 nitrogen and oxygen atoms in total. The van der Waals surface area contributed by atoms with Crippen molar-refractivity contribution in [1.29, 1.82) is 0 Å². The maximum atomic E-state index is 13.0. The fourth-order valence-corrected chi connectivity index (χ4v) is 4.46. The molecule has 1 aromatic rings. The van der Waals surface area contributed by atoms with Crippen molar-refractivity contribution in [2.45, 2.75) is 53.4 Å². The van der Waals surface area contributed by atoms with E-state index in [0.29, 0.717) is 23.5 Å². The van der Waals surface area contributed by atoms with Gasteiger partial charge in [-0.3, -0.25) is 9.59 Å². The Balaban J connectivity index is 1.68. The number of carbonyl (C=O) groups excluding carboxylic acids is 2. The van der Waals surface area contributed by atoms with Gasteiger partial charge < -0.3 is 9.47 Å². The summed E-state index contributed by atoms with van der Waals surface area (Å²) in [6.45, 7) is 12.6. The number of rotatable bonds is 6. The molecule has 3 atom stereocenters. The molecule has 0 radical (unpaired) electrons. The quantitative estimate of drug-likeness (QED) is 0.509. The molecule has 2 aliphatic rings. The maximum absolute atomic E-state index is 13.0. The number of benzene rings is 1. The number of ether oxygens (including phenoxy) is 2. The van der Waals surface area contributed by atoms with Gasteiger partial charge in [0, 0.05) is 23.8 Å². The van der Waals surface area contributed by atoms with Crippen LogP contribution in [0.25, 0.3) is 0 Å². The minimum Gasteiger partial charge on any atom is -0.454 e. The smallest absolute Gasteiger partial charge is 0.231 e. The van der Waals surface area contributed by atoms with Crippen molar-refractivity contribution in [2.24, 2.45) is 23.2 Å². The SMILES string of the molecule is C=C1CCCC(C)(C)C1C(=O)CC(C)C(C)C(=O)c1ccc2c(c1)OCO2. The van der Waals surface area contributed by atoms with E-state index in [1.165, 1.54) is 0 Å². The van der Waals surface area contributed by atoms with Gasteiger partial charge in [0.2, 0.25) is 6.79 Å². The van der Waals surface area contributed by atoms with Crippen LogP contribution in [0.1, 0.15) is 63.7 Å². The van der Waals surface area contributed by atoms with Crippen molar-refractivity contribution in [3.63, 3.8) is 0 Å². The molecule has 1 aromatic carbocycles. The van der Waals surface area contributed by atoms with Crippen molar-refractivity contribution >= 4 is 11.6 Å². The molecule has 3 rings (SSSR count). The van der Waals surface area contributed by atoms with Crippen LogP contribution in [0.15, 0.2) is 30.4 Å². The highest BCUT2D eigenvalue weighted by Gasteiger charge is 2.40. The van der Waals surface area contributed by atoms with Crippen molar-refractivity contribution in [1.82, 2.24) is 0 Å². The van der Waals surface area contributed by atoms with Crippen LogP contribution in [0, 0.1) is 23.2 Å². The third kappa shape index (κ3) is 3.95. The summed E-state index contributed by atoms with van der Waals surface area (Å²) in [5.74, 6) is 1.17. The highest BCUT2D eigenvalue weighted by molar-refractivity contribution is 5.98. The zero-order valence-corrected chi connectivity index (χ0v) is 16.8. The van der Waals surface area contributed by atoms with Gasteiger partial charge in [0.25, 0.3) is 0 Å². The summed E-state index contributed by atoms with van der Waals surface area (Å²) in [6, 6.07) is 5.28. The molecule has 0 amide bonds. The zero-order chi connectivity index (χ0) is 19.8. The lowest BCUT2D eigenvalue weighted by Gasteiger charge is -2.39. The Labute approximate surface area is 161 Å². The molecule has 27 heavy (non-hydrogen) atoms. The molecule has 3 unspecified atom stereocenters. The fraction of sp³-hybridized carbons (Fsp3) is 0.565. The standard InChI is InChI=1S/C23H30O4/c1-14-7-6-10-23(4,5)21(14)18(24)11-15(2)16(3)22(25)17-8-9-19-20(12-17)27-13-26-19/h8-9,12,15-16,21H,1,6-7,10-11,13H2,2-5H3. The molecule has 1 aliphatic heterocycles. The van der Waals surface area contributed by atoms with Crippen molar-refractivity contribution in [2.75, 3.05) is 6.79 Å². The topological polar surface area (TPSA) is 52.6 Å². The summed E-state index contributed by atoms with van der Waals surface area (Å²) in [7, 11) is 0. The third-order valence-corrected chi connectivity index (χ3v) is 6.28. The van der Waals surface area contributed by atoms with Gasteiger partial charge in [0.05, 0.1) is 0 Å². The Morgan fingerprint density at radius 1 is 1.22 bits per heavy atom. The second kappa shape index (κ2) is 7.49. The van der Waals surface area contributed by atoms with E-state index >= 15 is 0 Å². The van der Waals surface area contributed by atoms with Gasteiger partial charge in [0.15, 0.2) is 17.3 Å². The Kier molecular flexibility index (Phi) is 5.45. The normalized spacial score (nSPS) is 23.0. The van der Waals surface area contributed by atoms with Gasteiger partial charge in [-0.25, -0.2) is 0 Å². The van der Waals surface area contributed by atoms with Gasteiger partial charge in [0.1, 0.15) is 5.78 Å². The monoisotopic (exact) mass is 370 g/mol. The van der Waals surface area contributed by atoms with E-state index in [9.17, 15) is 9.59 Å². The van der Waals surface area contributed by atoms with Crippen LogP contribution in [-0.2, 0) is 4.79 Å². The number of carbonyl (C=O) groups is 2. The van der Waals surface area contributed by atoms with Gasteiger partial charge in [-0.1, -0.05) is 39.8 Å². The number of ketones is 2. The van der Waals surface area contributed by atoms with Gasteiger partial charge in [-0.05, 0) is 48.8 Å². The lowest BCUT2D eigenvalue weighted by Crippen LogP contribution is -2.37. The van der Waals surface area contributed by atoms with E-state index in [1.807, 2.05) is 13.8 Å². The fourth-order valence-electron chi connectivity index (χ4n) is 4.46. The van der Waals surface area contributed by atoms with E-state index < -0.39 is 0 Å². The molecule has 1 aliphatic carbocycles. The Bertz CT molecular complexity index is 762. The first kappa shape index (κ1) is 19.7. The highest BCUT2D eigenvalue weighted by Crippen LogP contribution is 2.44. The number of Topliss-reactive ketones (excluding diaryl/α,β-unsaturated/α-hetero) is 2. The minimum atomic E-state index is -0.241. The Morgan fingerprint density at radius 2 is 1.93 bits per heavy atom. The predicted octanol–water partition coefficient (Wildman–Crippen LogP) is 5.21. The first-order chi connectivity index (χ1) is 12.7. The van der Waals surface area contributed by atoms with Crippen LogP contribution in [0.5, 0.6) is 11.5 Å². The summed E-state index contributed by atoms with van der Waals surface area (Å²) >= 11 is 0. The van der Waals surface area contributed by atoms with E-state index in [2.05, 4.69) is 20.4 Å². The van der Waals surface area contributed by atoms with E-state index in [1.54, 1.807) is 18.2 Å². The summed E-state index contributed by atoms with van der Waals surface area (Å²) in [4.78, 5) is 26.0. The highest BCUT2D eigenvalue weighted by atomic mass is 16.7. The Hall–Kier alpha value is -2.10. The molecule has 4 heteroatoms. The molecule has 0 N–H and O–H groups in total. The molecule has 1 fully saturated rings. The molecule has 0 saturated heterocycles. The molecule has 0 aromatic heterocycles. The summed E-state index contributed by atoms with van der Waals surface area (Å²) < 4.78 is 10.7. The van der Waals surface area contributed by atoms with Crippen LogP contribution in [0.3, 0.4) is 0 Å². The third-order valence-electron chi connectivity index (χ3n) is 6.28. The first-order valence-electron chi connectivity index (χ1n) is 9.85. The van der Waals surface area contributed by atoms with Crippen LogP contribution in [-0.4, -0.2) is 18.4 Å². The number of fused-ring (bicyclic) bond motifs is 1. The summed E-state index contributed by atoms with van der Waals surface area (Å²) in [5.41, 5.74) is 1.61.